The van der Waals surface area contributed by atoms with Crippen LogP contribution in [0, 0.1) is 20.8 Å². The first-order valence-electron chi connectivity index (χ1n) is 8.15. The Kier molecular flexibility index (Phi) is 3.40. The van der Waals surface area contributed by atoms with Crippen molar-refractivity contribution in [1.29, 1.82) is 0 Å². The van der Waals surface area contributed by atoms with Gasteiger partial charge < -0.3 is 13.8 Å². The lowest BCUT2D eigenvalue weighted by Crippen LogP contribution is -2.30. The normalized spacial score (nSPS) is 17.8. The number of nitrogens with zero attached hydrogens (tertiary/aromatic N) is 3. The predicted molar refractivity (Wildman–Crippen MR) is 87.7 cm³/mol. The standard InChI is InChI=1S/C18H19N3O3/c1-10-6-7-13-11(2)16(23-15(13)9-10)18(22)21-8-4-5-14(21)17-19-12(3)20-24-17/h6-7,9,14H,4-5,8H2,1-3H3/t14-/m0/s1. The minimum Gasteiger partial charge on any atom is -0.451 e. The molecular formula is C18H19N3O3. The van der Waals surface area contributed by atoms with Crippen LogP contribution in [-0.4, -0.2) is 27.5 Å². The summed E-state index contributed by atoms with van der Waals surface area (Å²) in [6.45, 7) is 6.38. The first-order chi connectivity index (χ1) is 11.5. The van der Waals surface area contributed by atoms with Crippen LogP contribution in [0.4, 0.5) is 0 Å². The Bertz CT molecular complexity index is 925. The molecule has 6 nitrogen and oxygen atoms in total. The van der Waals surface area contributed by atoms with Gasteiger partial charge in [-0.25, -0.2) is 0 Å². The zero-order valence-electron chi connectivity index (χ0n) is 14.0. The van der Waals surface area contributed by atoms with E-state index in [0.29, 0.717) is 24.0 Å². The van der Waals surface area contributed by atoms with Crippen LogP contribution in [0.2, 0.25) is 0 Å². The third-order valence-corrected chi connectivity index (χ3v) is 4.63. The molecule has 0 saturated carbocycles. The summed E-state index contributed by atoms with van der Waals surface area (Å²) in [6, 6.07) is 5.82. The Morgan fingerprint density at radius 2 is 2.12 bits per heavy atom. The zero-order chi connectivity index (χ0) is 16.8. The lowest BCUT2D eigenvalue weighted by molar-refractivity contribution is 0.0679. The van der Waals surface area contributed by atoms with E-state index in [2.05, 4.69) is 10.1 Å². The molecule has 4 rings (SSSR count). The summed E-state index contributed by atoms with van der Waals surface area (Å²) >= 11 is 0. The number of carbonyl (C=O) groups excluding carboxylic acids is 1. The van der Waals surface area contributed by atoms with Gasteiger partial charge in [-0.05, 0) is 45.2 Å². The van der Waals surface area contributed by atoms with Crippen LogP contribution in [0.15, 0.2) is 27.1 Å². The molecule has 1 amide bonds. The quantitative estimate of drug-likeness (QED) is 0.718. The van der Waals surface area contributed by atoms with Crippen LogP contribution in [0.3, 0.4) is 0 Å². The Morgan fingerprint density at radius 3 is 2.88 bits per heavy atom. The molecule has 0 spiro atoms. The number of aromatic nitrogens is 2. The summed E-state index contributed by atoms with van der Waals surface area (Å²) in [6.07, 6.45) is 1.74. The Morgan fingerprint density at radius 1 is 1.29 bits per heavy atom. The molecule has 1 saturated heterocycles. The van der Waals surface area contributed by atoms with Gasteiger partial charge in [0, 0.05) is 17.5 Å². The third-order valence-electron chi connectivity index (χ3n) is 4.63. The summed E-state index contributed by atoms with van der Waals surface area (Å²) in [5.41, 5.74) is 2.73. The molecule has 1 atom stereocenters. The van der Waals surface area contributed by atoms with Crippen LogP contribution in [0.1, 0.15) is 52.3 Å². The zero-order valence-corrected chi connectivity index (χ0v) is 14.0. The largest absolute Gasteiger partial charge is 0.451 e. The van der Waals surface area contributed by atoms with E-state index in [1.165, 1.54) is 0 Å². The monoisotopic (exact) mass is 325 g/mol. The van der Waals surface area contributed by atoms with Gasteiger partial charge in [-0.1, -0.05) is 17.3 Å². The molecule has 0 bridgehead atoms. The second-order valence-corrected chi connectivity index (χ2v) is 6.39. The second kappa shape index (κ2) is 5.47. The van der Waals surface area contributed by atoms with Gasteiger partial charge in [-0.2, -0.15) is 4.98 Å². The number of amides is 1. The van der Waals surface area contributed by atoms with E-state index in [4.69, 9.17) is 8.94 Å². The number of aryl methyl sites for hydroxylation is 3. The SMILES string of the molecule is Cc1ccc2c(C)c(C(=O)N3CCC[C@H]3c3nc(C)no3)oc2c1. The molecule has 0 radical (unpaired) electrons. The number of rotatable bonds is 2. The van der Waals surface area contributed by atoms with E-state index < -0.39 is 0 Å². The number of hydrogen-bond donors (Lipinski definition) is 0. The fraction of sp³-hybridized carbons (Fsp3) is 0.389. The highest BCUT2D eigenvalue weighted by Gasteiger charge is 2.36. The van der Waals surface area contributed by atoms with Crippen LogP contribution in [0.5, 0.6) is 0 Å². The average Bonchev–Trinajstić information content (AvgIpc) is 3.25. The molecule has 3 heterocycles. The van der Waals surface area contributed by atoms with E-state index >= 15 is 0 Å². The maximum absolute atomic E-state index is 13.1. The van der Waals surface area contributed by atoms with Crippen LogP contribution < -0.4 is 0 Å². The van der Waals surface area contributed by atoms with Gasteiger partial charge in [-0.3, -0.25) is 4.79 Å². The van der Waals surface area contributed by atoms with Crippen molar-refractivity contribution in [2.75, 3.05) is 6.54 Å². The minimum atomic E-state index is -0.173. The van der Waals surface area contributed by atoms with Gasteiger partial charge in [0.25, 0.3) is 5.91 Å². The van der Waals surface area contributed by atoms with E-state index in [-0.39, 0.29) is 11.9 Å². The minimum absolute atomic E-state index is 0.111. The molecular weight excluding hydrogens is 306 g/mol. The fourth-order valence-corrected chi connectivity index (χ4v) is 3.38. The van der Waals surface area contributed by atoms with Gasteiger partial charge in [0.2, 0.25) is 5.89 Å². The van der Waals surface area contributed by atoms with Crippen molar-refractivity contribution >= 4 is 16.9 Å². The lowest BCUT2D eigenvalue weighted by atomic mass is 10.1. The molecule has 124 valence electrons. The van der Waals surface area contributed by atoms with E-state index in [0.717, 1.165) is 34.9 Å². The maximum atomic E-state index is 13.1. The smallest absolute Gasteiger partial charge is 0.290 e. The topological polar surface area (TPSA) is 72.4 Å². The molecule has 24 heavy (non-hydrogen) atoms. The number of fused-ring (bicyclic) bond motifs is 1. The lowest BCUT2D eigenvalue weighted by Gasteiger charge is -2.20. The van der Waals surface area contributed by atoms with Gasteiger partial charge >= 0.3 is 0 Å². The van der Waals surface area contributed by atoms with Crippen molar-refractivity contribution in [3.05, 3.63) is 46.8 Å². The molecule has 0 N–H and O–H groups in total. The predicted octanol–water partition coefficient (Wildman–Crippen LogP) is 3.72. The molecule has 3 aromatic rings. The van der Waals surface area contributed by atoms with Crippen molar-refractivity contribution < 1.29 is 13.7 Å². The Labute approximate surface area is 139 Å². The maximum Gasteiger partial charge on any atom is 0.290 e. The third kappa shape index (κ3) is 2.29. The van der Waals surface area contributed by atoms with Crippen LogP contribution >= 0.6 is 0 Å². The van der Waals surface area contributed by atoms with Crippen molar-refractivity contribution in [2.24, 2.45) is 0 Å². The first-order valence-corrected chi connectivity index (χ1v) is 8.15. The average molecular weight is 325 g/mol. The van der Waals surface area contributed by atoms with Gasteiger partial charge in [-0.15, -0.1) is 0 Å². The van der Waals surface area contributed by atoms with Crippen molar-refractivity contribution in [3.63, 3.8) is 0 Å². The molecule has 0 unspecified atom stereocenters. The fourth-order valence-electron chi connectivity index (χ4n) is 3.38. The Balaban J connectivity index is 1.71. The number of hydrogen-bond acceptors (Lipinski definition) is 5. The van der Waals surface area contributed by atoms with E-state index in [1.807, 2.05) is 32.0 Å². The second-order valence-electron chi connectivity index (χ2n) is 6.39. The highest BCUT2D eigenvalue weighted by atomic mass is 16.5. The first kappa shape index (κ1) is 14.9. The molecule has 1 aliphatic heterocycles. The molecule has 0 aliphatic carbocycles. The molecule has 1 aliphatic rings. The highest BCUT2D eigenvalue weighted by molar-refractivity contribution is 5.99. The van der Waals surface area contributed by atoms with Crippen LogP contribution in [0.25, 0.3) is 11.0 Å². The van der Waals surface area contributed by atoms with Gasteiger partial charge in [0.15, 0.2) is 11.6 Å². The number of benzene rings is 1. The molecule has 1 aromatic carbocycles. The van der Waals surface area contributed by atoms with Crippen molar-refractivity contribution in [3.8, 4) is 0 Å². The number of likely N-dealkylation sites (tertiary alicyclic amines) is 1. The highest BCUT2D eigenvalue weighted by Crippen LogP contribution is 2.34. The summed E-state index contributed by atoms with van der Waals surface area (Å²) in [7, 11) is 0. The molecule has 2 aromatic heterocycles. The summed E-state index contributed by atoms with van der Waals surface area (Å²) in [5.74, 6) is 1.38. The van der Waals surface area contributed by atoms with Gasteiger partial charge in [0.1, 0.15) is 11.6 Å². The number of carbonyl (C=O) groups is 1. The van der Waals surface area contributed by atoms with Crippen LogP contribution in [-0.2, 0) is 0 Å². The van der Waals surface area contributed by atoms with Gasteiger partial charge in [0.05, 0.1) is 0 Å². The van der Waals surface area contributed by atoms with E-state index in [9.17, 15) is 4.79 Å². The van der Waals surface area contributed by atoms with E-state index in [1.54, 1.807) is 11.8 Å². The molecule has 1 fully saturated rings. The Hall–Kier alpha value is -2.63. The number of furan rings is 1. The summed E-state index contributed by atoms with van der Waals surface area (Å²) < 4.78 is 11.2. The summed E-state index contributed by atoms with van der Waals surface area (Å²) in [4.78, 5) is 19.1. The summed E-state index contributed by atoms with van der Waals surface area (Å²) in [5, 5.41) is 4.82. The molecule has 6 heteroatoms. The van der Waals surface area contributed by atoms with Crippen molar-refractivity contribution in [1.82, 2.24) is 15.0 Å². The van der Waals surface area contributed by atoms with Crippen molar-refractivity contribution in [2.45, 2.75) is 39.7 Å².